The lowest BCUT2D eigenvalue weighted by atomic mass is 9.73. The summed E-state index contributed by atoms with van der Waals surface area (Å²) in [6, 6.07) is 9.28. The molecule has 2 aromatic carbocycles. The molecule has 1 heterocycles. The predicted octanol–water partition coefficient (Wildman–Crippen LogP) is 5.86. The minimum Gasteiger partial charge on any atom is -0.506 e. The smallest absolute Gasteiger partial charge is 0.224 e. The number of carbonyl (C=O) groups excluding carboxylic acids is 2. The maximum Gasteiger partial charge on any atom is 0.224 e. The summed E-state index contributed by atoms with van der Waals surface area (Å²) in [5.74, 6) is -0.321. The van der Waals surface area contributed by atoms with E-state index in [1.165, 1.54) is 11.8 Å². The minimum absolute atomic E-state index is 0.00396. The highest BCUT2D eigenvalue weighted by Gasteiger charge is 2.43. The van der Waals surface area contributed by atoms with E-state index in [0.29, 0.717) is 51.1 Å². The fourth-order valence-electron chi connectivity index (χ4n) is 4.41. The molecule has 0 saturated heterocycles. The van der Waals surface area contributed by atoms with Crippen LogP contribution in [0.4, 0.5) is 11.4 Å². The zero-order chi connectivity index (χ0) is 21.8. The molecule has 1 amide bonds. The highest BCUT2D eigenvalue weighted by atomic mass is 35.5. The number of rotatable bonds is 1. The molecule has 4 rings (SSSR count). The molecule has 0 spiro atoms. The lowest BCUT2D eigenvalue weighted by Crippen LogP contribution is -2.38. The van der Waals surface area contributed by atoms with Crippen molar-refractivity contribution >= 4 is 46.3 Å². The SMILES string of the molecule is CC(=O)N1c2cccc(O)c2NC2=C(C(=O)CC(C)(C)C2)[C@H]1c1ccc(Cl)cc1Cl. The van der Waals surface area contributed by atoms with Gasteiger partial charge in [-0.15, -0.1) is 0 Å². The standard InChI is InChI=1S/C23H22Cl2N2O3/c1-12(28)27-17-5-4-6-18(29)21(17)26-16-10-23(2,3)11-19(30)20(16)22(27)14-8-7-13(24)9-15(14)25/h4-9,22,26,29H,10-11H2,1-3H3/t22-/m1/s1. The van der Waals surface area contributed by atoms with Crippen LogP contribution >= 0.6 is 23.2 Å². The molecular weight excluding hydrogens is 423 g/mol. The number of amides is 1. The van der Waals surface area contributed by atoms with Gasteiger partial charge in [0.05, 0.1) is 11.7 Å². The van der Waals surface area contributed by atoms with Gasteiger partial charge in [0.1, 0.15) is 11.4 Å². The summed E-state index contributed by atoms with van der Waals surface area (Å²) in [5.41, 5.74) is 2.42. The number of nitrogens with zero attached hydrogens (tertiary/aromatic N) is 1. The van der Waals surface area contributed by atoms with Crippen LogP contribution in [-0.2, 0) is 9.59 Å². The van der Waals surface area contributed by atoms with Gasteiger partial charge in [0.2, 0.25) is 5.91 Å². The van der Waals surface area contributed by atoms with Crippen LogP contribution in [0.15, 0.2) is 47.7 Å². The Hall–Kier alpha value is -2.50. The fraction of sp³-hybridized carbons (Fsp3) is 0.304. The zero-order valence-electron chi connectivity index (χ0n) is 16.9. The molecule has 7 heteroatoms. The van der Waals surface area contributed by atoms with Gasteiger partial charge >= 0.3 is 0 Å². The van der Waals surface area contributed by atoms with Crippen LogP contribution in [-0.4, -0.2) is 16.8 Å². The first-order valence-corrected chi connectivity index (χ1v) is 10.4. The largest absolute Gasteiger partial charge is 0.506 e. The zero-order valence-corrected chi connectivity index (χ0v) is 18.4. The van der Waals surface area contributed by atoms with Gasteiger partial charge in [-0.2, -0.15) is 0 Å². The van der Waals surface area contributed by atoms with Crippen molar-refractivity contribution < 1.29 is 14.7 Å². The number of hydrogen-bond donors (Lipinski definition) is 2. The van der Waals surface area contributed by atoms with Gasteiger partial charge in [0, 0.05) is 34.7 Å². The molecule has 2 aliphatic rings. The number of phenolic OH excluding ortho intramolecular Hbond substituents is 1. The maximum atomic E-state index is 13.4. The number of halogens is 2. The number of anilines is 2. The van der Waals surface area contributed by atoms with E-state index in [4.69, 9.17) is 23.2 Å². The van der Waals surface area contributed by atoms with Crippen LogP contribution in [0.2, 0.25) is 10.0 Å². The summed E-state index contributed by atoms with van der Waals surface area (Å²) in [4.78, 5) is 27.8. The number of phenols is 1. The lowest BCUT2D eigenvalue weighted by molar-refractivity contribution is -0.118. The fourth-order valence-corrected chi connectivity index (χ4v) is 4.92. The number of allylic oxidation sites excluding steroid dienone is 1. The molecule has 0 aromatic heterocycles. The third kappa shape index (κ3) is 3.46. The van der Waals surface area contributed by atoms with Gasteiger partial charge < -0.3 is 10.4 Å². The summed E-state index contributed by atoms with van der Waals surface area (Å²) < 4.78 is 0. The minimum atomic E-state index is -0.735. The summed E-state index contributed by atoms with van der Waals surface area (Å²) >= 11 is 12.7. The first-order valence-electron chi connectivity index (χ1n) is 9.69. The van der Waals surface area contributed by atoms with Crippen molar-refractivity contribution in [3.63, 3.8) is 0 Å². The van der Waals surface area contributed by atoms with Gasteiger partial charge in [0.15, 0.2) is 5.78 Å². The van der Waals surface area contributed by atoms with Crippen LogP contribution < -0.4 is 10.2 Å². The Balaban J connectivity index is 2.06. The topological polar surface area (TPSA) is 69.6 Å². The summed E-state index contributed by atoms with van der Waals surface area (Å²) in [7, 11) is 0. The number of nitrogens with one attached hydrogen (secondary N) is 1. The second-order valence-corrected chi connectivity index (χ2v) is 9.43. The number of aromatic hydroxyl groups is 1. The van der Waals surface area contributed by atoms with Crippen molar-refractivity contribution in [2.24, 2.45) is 5.41 Å². The molecule has 156 valence electrons. The molecule has 1 atom stereocenters. The van der Waals surface area contributed by atoms with E-state index < -0.39 is 6.04 Å². The lowest BCUT2D eigenvalue weighted by Gasteiger charge is -2.37. The van der Waals surface area contributed by atoms with Crippen molar-refractivity contribution in [1.29, 1.82) is 0 Å². The Morgan fingerprint density at radius 1 is 1.20 bits per heavy atom. The van der Waals surface area contributed by atoms with E-state index >= 15 is 0 Å². The first kappa shape index (κ1) is 20.8. The van der Waals surface area contributed by atoms with Crippen LogP contribution in [0.3, 0.4) is 0 Å². The molecule has 30 heavy (non-hydrogen) atoms. The number of hydrogen-bond acceptors (Lipinski definition) is 4. The number of para-hydroxylation sites is 1. The molecular formula is C23H22Cl2N2O3. The quantitative estimate of drug-likeness (QED) is 0.540. The molecule has 2 aromatic rings. The second-order valence-electron chi connectivity index (χ2n) is 8.59. The number of benzene rings is 2. The number of carbonyl (C=O) groups is 2. The molecule has 0 fully saturated rings. The molecule has 0 saturated carbocycles. The van der Waals surface area contributed by atoms with Gasteiger partial charge in [0.25, 0.3) is 0 Å². The first-order chi connectivity index (χ1) is 14.1. The van der Waals surface area contributed by atoms with Gasteiger partial charge in [-0.3, -0.25) is 14.5 Å². The predicted molar refractivity (Wildman–Crippen MR) is 119 cm³/mol. The highest BCUT2D eigenvalue weighted by molar-refractivity contribution is 6.35. The number of ketones is 1. The Bertz CT molecular complexity index is 1110. The summed E-state index contributed by atoms with van der Waals surface area (Å²) in [6.07, 6.45) is 0.943. The maximum absolute atomic E-state index is 13.4. The van der Waals surface area contributed by atoms with E-state index in [1.807, 2.05) is 13.8 Å². The molecule has 1 aliphatic heterocycles. The average Bonchev–Trinajstić information content (AvgIpc) is 2.76. The second kappa shape index (κ2) is 7.33. The van der Waals surface area contributed by atoms with Crippen molar-refractivity contribution in [3.8, 4) is 5.75 Å². The van der Waals surface area contributed by atoms with Crippen LogP contribution in [0.1, 0.15) is 45.2 Å². The van der Waals surface area contributed by atoms with Crippen LogP contribution in [0.5, 0.6) is 5.75 Å². The van der Waals surface area contributed by atoms with E-state index in [2.05, 4.69) is 5.32 Å². The van der Waals surface area contributed by atoms with E-state index in [0.717, 1.165) is 0 Å². The number of Topliss-reactive ketones (excluding diaryl/α,β-unsaturated/α-hetero) is 1. The number of fused-ring (bicyclic) bond motifs is 1. The molecule has 1 aliphatic carbocycles. The normalized spacial score (nSPS) is 20.2. The van der Waals surface area contributed by atoms with Crippen molar-refractivity contribution in [2.45, 2.75) is 39.7 Å². The average molecular weight is 445 g/mol. The van der Waals surface area contributed by atoms with E-state index in [9.17, 15) is 14.7 Å². The van der Waals surface area contributed by atoms with E-state index in [-0.39, 0.29) is 22.9 Å². The van der Waals surface area contributed by atoms with Crippen LogP contribution in [0.25, 0.3) is 0 Å². The summed E-state index contributed by atoms with van der Waals surface area (Å²) in [6.45, 7) is 5.49. The van der Waals surface area contributed by atoms with E-state index in [1.54, 1.807) is 36.4 Å². The highest BCUT2D eigenvalue weighted by Crippen LogP contribution is 2.51. The molecule has 0 radical (unpaired) electrons. The van der Waals surface area contributed by atoms with Gasteiger partial charge in [-0.1, -0.05) is 49.2 Å². The van der Waals surface area contributed by atoms with Gasteiger partial charge in [-0.25, -0.2) is 0 Å². The van der Waals surface area contributed by atoms with Crippen molar-refractivity contribution in [1.82, 2.24) is 0 Å². The Morgan fingerprint density at radius 3 is 2.60 bits per heavy atom. The molecule has 2 N–H and O–H groups in total. The monoisotopic (exact) mass is 444 g/mol. The van der Waals surface area contributed by atoms with Crippen molar-refractivity contribution in [2.75, 3.05) is 10.2 Å². The Kier molecular flexibility index (Phi) is 5.07. The molecule has 0 bridgehead atoms. The third-order valence-corrected chi connectivity index (χ3v) is 6.17. The molecule has 0 unspecified atom stereocenters. The Labute approximate surface area is 185 Å². The summed E-state index contributed by atoms with van der Waals surface area (Å²) in [5, 5.41) is 14.7. The van der Waals surface area contributed by atoms with Crippen molar-refractivity contribution in [3.05, 3.63) is 63.3 Å². The third-order valence-electron chi connectivity index (χ3n) is 5.60. The van der Waals surface area contributed by atoms with Gasteiger partial charge in [-0.05, 0) is 41.7 Å². The van der Waals surface area contributed by atoms with Crippen LogP contribution in [0, 0.1) is 5.41 Å². The molecule has 5 nitrogen and oxygen atoms in total. The Morgan fingerprint density at radius 2 is 1.93 bits per heavy atom.